The molecule has 0 radical (unpaired) electrons. The van der Waals surface area contributed by atoms with Crippen LogP contribution in [0.2, 0.25) is 0 Å². The van der Waals surface area contributed by atoms with E-state index in [1.807, 2.05) is 11.8 Å². The van der Waals surface area contributed by atoms with Crippen molar-refractivity contribution in [3.05, 3.63) is 0 Å². The predicted octanol–water partition coefficient (Wildman–Crippen LogP) is 0.124. The van der Waals surface area contributed by atoms with Crippen LogP contribution < -0.4 is 5.73 Å². The number of hydrogen-bond donors (Lipinski definition) is 1. The molecule has 2 rings (SSSR count). The minimum absolute atomic E-state index is 0.0342. The van der Waals surface area contributed by atoms with Crippen molar-refractivity contribution in [2.24, 2.45) is 10.7 Å². The van der Waals surface area contributed by atoms with Crippen LogP contribution in [0, 0.1) is 0 Å². The van der Waals surface area contributed by atoms with Gasteiger partial charge in [0.1, 0.15) is 0 Å². The smallest absolute Gasteiger partial charge is 0.294 e. The second kappa shape index (κ2) is 2.65. The molecule has 1 saturated heterocycles. The molecular formula is C7H10N2O2S. The molecule has 1 amide bonds. The number of nitrogens with two attached hydrogens (primary N) is 1. The average molecular weight is 186 g/mol. The number of rotatable bonds is 0. The Bertz CT molecular complexity index is 246. The summed E-state index contributed by atoms with van der Waals surface area (Å²) in [4.78, 5) is 14.9. The van der Waals surface area contributed by atoms with Crippen LogP contribution in [0.3, 0.4) is 0 Å². The highest BCUT2D eigenvalue weighted by atomic mass is 32.2. The lowest BCUT2D eigenvalue weighted by molar-refractivity contribution is -0.131. The molecule has 2 aliphatic heterocycles. The average Bonchev–Trinajstić information content (AvgIpc) is 2.29. The Morgan fingerprint density at radius 1 is 1.50 bits per heavy atom. The quantitative estimate of drug-likeness (QED) is 0.583. The van der Waals surface area contributed by atoms with Crippen molar-refractivity contribution in [1.29, 1.82) is 0 Å². The van der Waals surface area contributed by atoms with Gasteiger partial charge in [-0.2, -0.15) is 16.8 Å². The Hall–Kier alpha value is -0.710. The lowest BCUT2D eigenvalue weighted by Gasteiger charge is -2.29. The molecule has 1 fully saturated rings. The highest BCUT2D eigenvalue weighted by Gasteiger charge is 2.46. The Labute approximate surface area is 74.6 Å². The highest BCUT2D eigenvalue weighted by molar-refractivity contribution is 7.99. The summed E-state index contributed by atoms with van der Waals surface area (Å²) in [6.45, 7) is 0. The molecule has 4 nitrogen and oxygen atoms in total. The van der Waals surface area contributed by atoms with Crippen LogP contribution in [0.15, 0.2) is 4.99 Å². The van der Waals surface area contributed by atoms with Gasteiger partial charge in [-0.05, 0) is 11.5 Å². The van der Waals surface area contributed by atoms with E-state index in [1.165, 1.54) is 0 Å². The van der Waals surface area contributed by atoms with Crippen molar-refractivity contribution < 1.29 is 9.53 Å². The summed E-state index contributed by atoms with van der Waals surface area (Å²) in [7, 11) is 0. The molecule has 0 bridgehead atoms. The van der Waals surface area contributed by atoms with Crippen LogP contribution in [0.25, 0.3) is 0 Å². The lowest BCUT2D eigenvalue weighted by Crippen LogP contribution is -2.41. The monoisotopic (exact) mass is 186 g/mol. The highest BCUT2D eigenvalue weighted by Crippen LogP contribution is 2.34. The third-order valence-corrected chi connectivity index (χ3v) is 3.19. The molecule has 2 N–H and O–H groups in total. The molecule has 5 heteroatoms. The van der Waals surface area contributed by atoms with E-state index in [-0.39, 0.29) is 11.9 Å². The number of aliphatic imine (C=N–C) groups is 1. The van der Waals surface area contributed by atoms with Crippen molar-refractivity contribution in [3.63, 3.8) is 0 Å². The number of thioether (sulfide) groups is 1. The number of amides is 1. The summed E-state index contributed by atoms with van der Waals surface area (Å²) in [6, 6.07) is 0.0342. The molecule has 0 unspecified atom stereocenters. The minimum atomic E-state index is -0.685. The molecule has 0 saturated carbocycles. The van der Waals surface area contributed by atoms with E-state index in [1.54, 1.807) is 0 Å². The van der Waals surface area contributed by atoms with Crippen LogP contribution in [-0.2, 0) is 9.53 Å². The Morgan fingerprint density at radius 2 is 2.17 bits per heavy atom. The third-order valence-electron chi connectivity index (χ3n) is 2.20. The van der Waals surface area contributed by atoms with E-state index in [4.69, 9.17) is 10.5 Å². The first kappa shape index (κ1) is 7.91. The topological polar surface area (TPSA) is 64.7 Å². The first-order valence-electron chi connectivity index (χ1n) is 3.88. The van der Waals surface area contributed by atoms with Crippen molar-refractivity contribution in [2.75, 3.05) is 11.5 Å². The van der Waals surface area contributed by atoms with Gasteiger partial charge in [0.15, 0.2) is 5.60 Å². The lowest BCUT2D eigenvalue weighted by atomic mass is 9.96. The summed E-state index contributed by atoms with van der Waals surface area (Å²) in [5.41, 5.74) is 4.65. The van der Waals surface area contributed by atoms with Crippen LogP contribution in [0.4, 0.5) is 0 Å². The van der Waals surface area contributed by atoms with Gasteiger partial charge in [0.05, 0.1) is 0 Å². The third kappa shape index (κ3) is 1.08. The van der Waals surface area contributed by atoms with E-state index in [0.717, 1.165) is 24.3 Å². The van der Waals surface area contributed by atoms with Gasteiger partial charge in [0.25, 0.3) is 11.9 Å². The molecule has 0 aromatic heterocycles. The molecule has 66 valence electrons. The Kier molecular flexibility index (Phi) is 1.75. The second-order valence-corrected chi connectivity index (χ2v) is 4.19. The number of amidine groups is 1. The fraction of sp³-hybridized carbons (Fsp3) is 0.714. The number of carbonyl (C=O) groups excluding carboxylic acids is 1. The summed E-state index contributed by atoms with van der Waals surface area (Å²) in [5.74, 6) is 1.71. The summed E-state index contributed by atoms with van der Waals surface area (Å²) in [5, 5.41) is 0. The van der Waals surface area contributed by atoms with Gasteiger partial charge in [-0.25, -0.2) is 0 Å². The van der Waals surface area contributed by atoms with E-state index < -0.39 is 5.60 Å². The molecule has 2 aliphatic rings. The van der Waals surface area contributed by atoms with Crippen molar-refractivity contribution in [3.8, 4) is 0 Å². The second-order valence-electron chi connectivity index (χ2n) is 2.96. The first-order chi connectivity index (χ1) is 5.73. The van der Waals surface area contributed by atoms with Gasteiger partial charge in [0, 0.05) is 12.8 Å². The van der Waals surface area contributed by atoms with Crippen molar-refractivity contribution in [1.82, 2.24) is 0 Å². The van der Waals surface area contributed by atoms with Gasteiger partial charge in [-0.3, -0.25) is 4.79 Å². The number of nitrogens with zero attached hydrogens (tertiary/aromatic N) is 1. The minimum Gasteiger partial charge on any atom is -0.448 e. The zero-order valence-electron chi connectivity index (χ0n) is 6.58. The van der Waals surface area contributed by atoms with Crippen molar-refractivity contribution >= 4 is 23.7 Å². The fourth-order valence-electron chi connectivity index (χ4n) is 1.49. The predicted molar refractivity (Wildman–Crippen MR) is 47.0 cm³/mol. The van der Waals surface area contributed by atoms with Gasteiger partial charge in [-0.1, -0.05) is 0 Å². The largest absolute Gasteiger partial charge is 0.448 e. The number of ether oxygens (including phenoxy) is 1. The van der Waals surface area contributed by atoms with Crippen molar-refractivity contribution in [2.45, 2.75) is 18.4 Å². The zero-order chi connectivity index (χ0) is 8.60. The molecule has 0 aromatic carbocycles. The van der Waals surface area contributed by atoms with Crippen LogP contribution >= 0.6 is 11.8 Å². The SMILES string of the molecule is NC1=NC(=O)C2(CCSCC2)O1. The molecule has 2 heterocycles. The fourth-order valence-corrected chi connectivity index (χ4v) is 2.64. The standard InChI is InChI=1S/C7H10N2O2S/c8-6-9-5(10)7(11-6)1-3-12-4-2-7/h1-4H2,(H2,8,9,10). The van der Waals surface area contributed by atoms with E-state index in [2.05, 4.69) is 4.99 Å². The van der Waals surface area contributed by atoms with Gasteiger partial charge in [0.2, 0.25) is 0 Å². The van der Waals surface area contributed by atoms with E-state index in [0.29, 0.717) is 0 Å². The number of hydrogen-bond acceptors (Lipinski definition) is 4. The first-order valence-corrected chi connectivity index (χ1v) is 5.04. The maximum atomic E-state index is 11.4. The Morgan fingerprint density at radius 3 is 2.67 bits per heavy atom. The van der Waals surface area contributed by atoms with Crippen LogP contribution in [0.1, 0.15) is 12.8 Å². The molecule has 0 aromatic rings. The zero-order valence-corrected chi connectivity index (χ0v) is 7.39. The molecule has 0 atom stereocenters. The van der Waals surface area contributed by atoms with Crippen LogP contribution in [-0.4, -0.2) is 29.0 Å². The normalized spacial score (nSPS) is 27.0. The van der Waals surface area contributed by atoms with E-state index in [9.17, 15) is 4.79 Å². The van der Waals surface area contributed by atoms with E-state index >= 15 is 0 Å². The Balaban J connectivity index is 2.17. The molecular weight excluding hydrogens is 176 g/mol. The summed E-state index contributed by atoms with van der Waals surface area (Å²) in [6.07, 6.45) is 1.47. The van der Waals surface area contributed by atoms with Gasteiger partial charge < -0.3 is 10.5 Å². The van der Waals surface area contributed by atoms with Gasteiger partial charge in [-0.15, -0.1) is 0 Å². The molecule has 0 aliphatic carbocycles. The maximum absolute atomic E-state index is 11.4. The number of carbonyl (C=O) groups is 1. The van der Waals surface area contributed by atoms with Crippen LogP contribution in [0.5, 0.6) is 0 Å². The van der Waals surface area contributed by atoms with Gasteiger partial charge >= 0.3 is 0 Å². The molecule has 1 spiro atoms. The maximum Gasteiger partial charge on any atom is 0.294 e. The molecule has 12 heavy (non-hydrogen) atoms. The summed E-state index contributed by atoms with van der Waals surface area (Å²) >= 11 is 1.84. The summed E-state index contributed by atoms with van der Waals surface area (Å²) < 4.78 is 5.27.